The summed E-state index contributed by atoms with van der Waals surface area (Å²) in [5, 5.41) is 2.46. The molecule has 1 fully saturated rings. The first-order valence-corrected chi connectivity index (χ1v) is 14.1. The van der Waals surface area contributed by atoms with Crippen LogP contribution in [0.15, 0.2) is 48.5 Å². The van der Waals surface area contributed by atoms with Crippen molar-refractivity contribution in [1.82, 2.24) is 5.32 Å². The number of thiol groups is 1. The van der Waals surface area contributed by atoms with Crippen molar-refractivity contribution in [2.24, 2.45) is 5.41 Å². The SMILES string of the molecule is [2H]CCC(F)(CC)C[C@H](N[C@@H](c1ccc(-c2ccc(CCS([2H])(=O)=O)cc2)cc1)C(F)(F)F)C(=O)CC1(C)CC1. The zero-order chi connectivity index (χ0) is 29.8. The van der Waals surface area contributed by atoms with E-state index in [1.54, 1.807) is 31.2 Å². The second-order valence-corrected chi connectivity index (χ2v) is 11.7. The van der Waals surface area contributed by atoms with E-state index in [2.05, 4.69) is 5.32 Å². The molecule has 3 atom stereocenters. The van der Waals surface area contributed by atoms with Crippen LogP contribution >= 0.6 is 0 Å². The van der Waals surface area contributed by atoms with Crippen molar-refractivity contribution in [3.8, 4) is 11.1 Å². The Balaban J connectivity index is 1.83. The fourth-order valence-electron chi connectivity index (χ4n) is 4.50. The van der Waals surface area contributed by atoms with Crippen molar-refractivity contribution >= 4 is 16.4 Å². The molecule has 0 aromatic heterocycles. The van der Waals surface area contributed by atoms with Crippen molar-refractivity contribution < 1.29 is 32.1 Å². The van der Waals surface area contributed by atoms with E-state index in [-0.39, 0.29) is 49.3 Å². The maximum absolute atomic E-state index is 15.5. The number of hydrogen-bond acceptors (Lipinski definition) is 4. The molecule has 1 aliphatic carbocycles. The Bertz CT molecular complexity index is 1250. The third-order valence-corrected chi connectivity index (χ3v) is 8.07. The lowest BCUT2D eigenvalue weighted by atomic mass is 9.86. The predicted molar refractivity (Wildman–Crippen MR) is 142 cm³/mol. The first-order chi connectivity index (χ1) is 18.6. The lowest BCUT2D eigenvalue weighted by Crippen LogP contribution is -2.48. The van der Waals surface area contributed by atoms with Gasteiger partial charge in [0.2, 0.25) is 0 Å². The zero-order valence-electron chi connectivity index (χ0n) is 23.8. The van der Waals surface area contributed by atoms with E-state index in [0.29, 0.717) is 11.1 Å². The summed E-state index contributed by atoms with van der Waals surface area (Å²) < 4.78 is 95.0. The number of carbonyl (C=O) groups excluding carboxylic acids is 1. The number of nitrogens with one attached hydrogen (secondary N) is 1. The molecule has 0 saturated heterocycles. The van der Waals surface area contributed by atoms with E-state index in [1.807, 2.05) is 6.92 Å². The Morgan fingerprint density at radius 3 is 2.11 bits per heavy atom. The minimum absolute atomic E-state index is 0.00228. The number of Topliss-reactive ketones (excluding diaryl/α,β-unsaturated/α-hetero) is 1. The van der Waals surface area contributed by atoms with Crippen LogP contribution in [0, 0.1) is 5.41 Å². The maximum atomic E-state index is 15.5. The van der Waals surface area contributed by atoms with Crippen LogP contribution in [-0.2, 0) is 21.8 Å². The number of rotatable bonds is 14. The predicted octanol–water partition coefficient (Wildman–Crippen LogP) is 6.75. The van der Waals surface area contributed by atoms with Crippen molar-refractivity contribution in [2.75, 3.05) is 5.75 Å². The maximum Gasteiger partial charge on any atom is 0.407 e. The highest BCUT2D eigenvalue weighted by Crippen LogP contribution is 2.49. The van der Waals surface area contributed by atoms with Crippen molar-refractivity contribution in [2.45, 2.75) is 89.6 Å². The average Bonchev–Trinajstić information content (AvgIpc) is 3.61. The molecule has 1 N–H and O–H groups in total. The van der Waals surface area contributed by atoms with Gasteiger partial charge in [0.15, 0.2) is 1.12 Å². The lowest BCUT2D eigenvalue weighted by molar-refractivity contribution is -0.161. The highest BCUT2D eigenvalue weighted by atomic mass is 32.2. The Morgan fingerprint density at radius 2 is 1.63 bits per heavy atom. The molecule has 4 nitrogen and oxygen atoms in total. The number of ketones is 1. The highest BCUT2D eigenvalue weighted by Gasteiger charge is 2.46. The van der Waals surface area contributed by atoms with Crippen LogP contribution in [-0.4, -0.2) is 39.0 Å². The average molecular weight is 558 g/mol. The fraction of sp³-hybridized carbons (Fsp3) is 0.552. The Labute approximate surface area is 226 Å². The molecule has 2 aromatic carbocycles. The third-order valence-electron chi connectivity index (χ3n) is 7.53. The molecule has 1 unspecified atom stereocenters. The molecular weight excluding hydrogens is 518 g/mol. The quantitative estimate of drug-likeness (QED) is 0.199. The molecule has 0 bridgehead atoms. The fourth-order valence-corrected chi connectivity index (χ4v) is 4.91. The van der Waals surface area contributed by atoms with Crippen LogP contribution in [0.5, 0.6) is 0 Å². The first-order valence-electron chi connectivity index (χ1n) is 14.0. The van der Waals surface area contributed by atoms with Gasteiger partial charge in [-0.2, -0.15) is 13.2 Å². The number of benzene rings is 2. The summed E-state index contributed by atoms with van der Waals surface area (Å²) in [7, 11) is -3.84. The molecule has 0 aliphatic heterocycles. The molecule has 210 valence electrons. The molecule has 0 heterocycles. The molecule has 0 spiro atoms. The number of hydrogen-bond donors (Lipinski definition) is 2. The van der Waals surface area contributed by atoms with E-state index >= 15 is 4.39 Å². The molecule has 3 rings (SSSR count). The van der Waals surface area contributed by atoms with Gasteiger partial charge in [0.25, 0.3) is 0 Å². The Morgan fingerprint density at radius 1 is 1.05 bits per heavy atom. The van der Waals surface area contributed by atoms with Crippen molar-refractivity contribution in [1.29, 1.82) is 1.12 Å². The summed E-state index contributed by atoms with van der Waals surface area (Å²) in [6.07, 6.45) is -3.45. The standard InChI is InChI=1S/C29H37F4NO3S/c1-4-28(30,5-2)18-24(25(35)19-27(3)15-16-27)34-26(29(31,32)33)23-12-10-22(11-13-23)21-8-6-20(7-9-21)14-17-38(36)37/h6-13,24,26,34,38H,4-5,14-19H2,1-3H3/t24-,26-/m0/s1/i1D,38D/t24-,26-,28?. The highest BCUT2D eigenvalue weighted by molar-refractivity contribution is 7.72. The van der Waals surface area contributed by atoms with Crippen LogP contribution < -0.4 is 5.32 Å². The van der Waals surface area contributed by atoms with E-state index in [0.717, 1.165) is 18.4 Å². The van der Waals surface area contributed by atoms with Crippen LogP contribution in [0.4, 0.5) is 17.6 Å². The molecule has 1 saturated carbocycles. The van der Waals surface area contributed by atoms with Gasteiger partial charge >= 0.3 is 6.18 Å². The number of halogens is 4. The van der Waals surface area contributed by atoms with Gasteiger partial charge in [0.1, 0.15) is 28.1 Å². The van der Waals surface area contributed by atoms with Crippen molar-refractivity contribution in [3.05, 3.63) is 59.7 Å². The first kappa shape index (κ1) is 27.3. The summed E-state index contributed by atoms with van der Waals surface area (Å²) in [5.41, 5.74) is -0.205. The van der Waals surface area contributed by atoms with Crippen LogP contribution in [0.2, 0.25) is 0 Å². The van der Waals surface area contributed by atoms with Crippen LogP contribution in [0.25, 0.3) is 11.1 Å². The zero-order valence-corrected chi connectivity index (χ0v) is 22.6. The second kappa shape index (κ2) is 12.3. The summed E-state index contributed by atoms with van der Waals surface area (Å²) in [6, 6.07) is 9.07. The molecule has 38 heavy (non-hydrogen) atoms. The summed E-state index contributed by atoms with van der Waals surface area (Å²) in [4.78, 5) is 13.2. The molecule has 0 amide bonds. The van der Waals surface area contributed by atoms with Gasteiger partial charge in [-0.1, -0.05) is 69.3 Å². The normalized spacial score (nSPS) is 19.1. The minimum Gasteiger partial charge on any atom is -0.298 e. The van der Waals surface area contributed by atoms with E-state index in [1.165, 1.54) is 24.3 Å². The van der Waals surface area contributed by atoms with Gasteiger partial charge in [0, 0.05) is 14.2 Å². The van der Waals surface area contributed by atoms with Gasteiger partial charge < -0.3 is 0 Å². The number of alkyl halides is 4. The van der Waals surface area contributed by atoms with E-state index < -0.39 is 46.7 Å². The van der Waals surface area contributed by atoms with Crippen molar-refractivity contribution in [3.63, 3.8) is 0 Å². The van der Waals surface area contributed by atoms with E-state index in [4.69, 9.17) is 2.49 Å². The summed E-state index contributed by atoms with van der Waals surface area (Å²) in [5.74, 6) is -0.745. The second-order valence-electron chi connectivity index (χ2n) is 10.7. The molecule has 0 radical (unpaired) electrons. The van der Waals surface area contributed by atoms with Gasteiger partial charge in [-0.25, -0.2) is 12.8 Å². The van der Waals surface area contributed by atoms with Gasteiger partial charge in [-0.3, -0.25) is 10.1 Å². The topological polar surface area (TPSA) is 63.2 Å². The Hall–Kier alpha value is -2.26. The molecule has 1 aliphatic rings. The third kappa shape index (κ3) is 8.37. The molecular formula is C29H37F4NO3S. The van der Waals surface area contributed by atoms with Crippen LogP contribution in [0.1, 0.15) is 77.8 Å². The van der Waals surface area contributed by atoms with E-state index in [9.17, 15) is 26.4 Å². The summed E-state index contributed by atoms with van der Waals surface area (Å²) >= 11 is 0. The molecule has 9 heteroatoms. The Kier molecular flexibility index (Phi) is 8.83. The number of aryl methyl sites for hydroxylation is 1. The van der Waals surface area contributed by atoms with Crippen LogP contribution in [0.3, 0.4) is 0 Å². The largest absolute Gasteiger partial charge is 0.407 e. The minimum atomic E-state index is -4.75. The molecule has 2 aromatic rings. The summed E-state index contributed by atoms with van der Waals surface area (Å²) in [6.45, 7) is 3.25. The lowest BCUT2D eigenvalue weighted by Gasteiger charge is -2.32. The smallest absolute Gasteiger partial charge is 0.298 e. The van der Waals surface area contributed by atoms with Gasteiger partial charge in [-0.05, 0) is 59.8 Å². The monoisotopic (exact) mass is 557 g/mol. The van der Waals surface area contributed by atoms with Gasteiger partial charge in [-0.15, -0.1) is 0 Å². The van der Waals surface area contributed by atoms with Gasteiger partial charge in [0.05, 0.1) is 11.8 Å². The number of carbonyl (C=O) groups is 1.